The van der Waals surface area contributed by atoms with Crippen molar-refractivity contribution in [1.82, 2.24) is 20.2 Å². The SMILES string of the molecule is CC(O)c1cc2cnc(N3CCOC(c4cccc5[nH]ncc45)C3)nc2s1. The minimum Gasteiger partial charge on any atom is -0.388 e. The quantitative estimate of drug-likeness (QED) is 0.567. The lowest BCUT2D eigenvalue weighted by Crippen LogP contribution is -2.39. The highest BCUT2D eigenvalue weighted by atomic mass is 32.1. The number of nitrogens with zero attached hydrogens (tertiary/aromatic N) is 4. The Balaban J connectivity index is 1.45. The molecule has 0 radical (unpaired) electrons. The van der Waals surface area contributed by atoms with E-state index in [0.29, 0.717) is 19.1 Å². The van der Waals surface area contributed by atoms with Crippen molar-refractivity contribution in [2.24, 2.45) is 0 Å². The summed E-state index contributed by atoms with van der Waals surface area (Å²) in [4.78, 5) is 13.2. The van der Waals surface area contributed by atoms with Crippen LogP contribution >= 0.6 is 11.3 Å². The van der Waals surface area contributed by atoms with Crippen molar-refractivity contribution in [3.63, 3.8) is 0 Å². The molecule has 0 saturated carbocycles. The summed E-state index contributed by atoms with van der Waals surface area (Å²) in [5.74, 6) is 0.703. The number of morpholine rings is 1. The number of hydrogen-bond donors (Lipinski definition) is 2. The van der Waals surface area contributed by atoms with Crippen LogP contribution in [0.1, 0.15) is 29.6 Å². The Kier molecular flexibility index (Phi) is 4.04. The molecule has 2 unspecified atom stereocenters. The number of thiophene rings is 1. The summed E-state index contributed by atoms with van der Waals surface area (Å²) in [5, 5.41) is 19.0. The lowest BCUT2D eigenvalue weighted by atomic mass is 10.0. The Bertz CT molecular complexity index is 1110. The molecule has 2 atom stereocenters. The zero-order valence-corrected chi connectivity index (χ0v) is 15.6. The smallest absolute Gasteiger partial charge is 0.226 e. The molecule has 3 aromatic heterocycles. The molecule has 7 nitrogen and oxygen atoms in total. The van der Waals surface area contributed by atoms with Gasteiger partial charge < -0.3 is 14.7 Å². The van der Waals surface area contributed by atoms with Crippen molar-refractivity contribution in [3.8, 4) is 0 Å². The van der Waals surface area contributed by atoms with Gasteiger partial charge in [-0.25, -0.2) is 9.97 Å². The number of rotatable bonds is 3. The topological polar surface area (TPSA) is 87.2 Å². The van der Waals surface area contributed by atoms with Crippen LogP contribution in [-0.2, 0) is 4.74 Å². The first-order valence-corrected chi connectivity index (χ1v) is 9.74. The van der Waals surface area contributed by atoms with E-state index in [0.717, 1.165) is 38.1 Å². The second-order valence-corrected chi connectivity index (χ2v) is 7.80. The molecule has 1 aliphatic heterocycles. The summed E-state index contributed by atoms with van der Waals surface area (Å²) in [6.07, 6.45) is 3.13. The van der Waals surface area contributed by atoms with Crippen molar-refractivity contribution in [3.05, 3.63) is 47.1 Å². The summed E-state index contributed by atoms with van der Waals surface area (Å²) < 4.78 is 6.05. The van der Waals surface area contributed by atoms with Gasteiger partial charge in [0.2, 0.25) is 5.95 Å². The second-order valence-electron chi connectivity index (χ2n) is 6.74. The Hall–Kier alpha value is -2.55. The van der Waals surface area contributed by atoms with Crippen molar-refractivity contribution < 1.29 is 9.84 Å². The lowest BCUT2D eigenvalue weighted by Gasteiger charge is -2.33. The van der Waals surface area contributed by atoms with Gasteiger partial charge in [0.15, 0.2) is 0 Å². The van der Waals surface area contributed by atoms with Crippen LogP contribution < -0.4 is 4.90 Å². The summed E-state index contributed by atoms with van der Waals surface area (Å²) in [5.41, 5.74) is 2.13. The fourth-order valence-corrected chi connectivity index (χ4v) is 4.43. The van der Waals surface area contributed by atoms with E-state index in [1.54, 1.807) is 6.92 Å². The normalized spacial score (nSPS) is 19.0. The van der Waals surface area contributed by atoms with Crippen LogP contribution in [0.2, 0.25) is 0 Å². The van der Waals surface area contributed by atoms with Crippen LogP contribution in [0.25, 0.3) is 21.1 Å². The average molecular weight is 381 g/mol. The van der Waals surface area contributed by atoms with Crippen LogP contribution in [0, 0.1) is 0 Å². The summed E-state index contributed by atoms with van der Waals surface area (Å²) in [7, 11) is 0. The van der Waals surface area contributed by atoms with Crippen molar-refractivity contribution in [1.29, 1.82) is 0 Å². The van der Waals surface area contributed by atoms with Gasteiger partial charge in [-0.1, -0.05) is 12.1 Å². The van der Waals surface area contributed by atoms with Gasteiger partial charge in [-0.3, -0.25) is 5.10 Å². The third kappa shape index (κ3) is 2.95. The molecule has 1 saturated heterocycles. The highest BCUT2D eigenvalue weighted by molar-refractivity contribution is 7.18. The highest BCUT2D eigenvalue weighted by Crippen LogP contribution is 2.32. The van der Waals surface area contributed by atoms with Gasteiger partial charge in [0.1, 0.15) is 10.9 Å². The number of ether oxygens (including phenoxy) is 1. The minimum absolute atomic E-state index is 0.0595. The van der Waals surface area contributed by atoms with E-state index in [2.05, 4.69) is 26.1 Å². The molecular formula is C19H19N5O2S. The van der Waals surface area contributed by atoms with Crippen LogP contribution in [0.15, 0.2) is 36.7 Å². The number of aromatic amines is 1. The molecule has 1 aliphatic rings. The Morgan fingerprint density at radius 1 is 1.37 bits per heavy atom. The molecule has 27 heavy (non-hydrogen) atoms. The van der Waals surface area contributed by atoms with Gasteiger partial charge in [0.05, 0.1) is 31.0 Å². The Morgan fingerprint density at radius 2 is 2.30 bits per heavy atom. The molecule has 0 bridgehead atoms. The molecule has 5 rings (SSSR count). The average Bonchev–Trinajstić information content (AvgIpc) is 3.34. The second kappa shape index (κ2) is 6.56. The first-order chi connectivity index (χ1) is 13.2. The number of hydrogen-bond acceptors (Lipinski definition) is 7. The van der Waals surface area contributed by atoms with Gasteiger partial charge in [-0.05, 0) is 24.6 Å². The maximum absolute atomic E-state index is 9.80. The maximum atomic E-state index is 9.80. The number of nitrogens with one attached hydrogen (secondary N) is 1. The highest BCUT2D eigenvalue weighted by Gasteiger charge is 2.25. The van der Waals surface area contributed by atoms with Gasteiger partial charge in [0.25, 0.3) is 0 Å². The number of aliphatic hydroxyl groups excluding tert-OH is 1. The van der Waals surface area contributed by atoms with Crippen molar-refractivity contribution >= 4 is 38.4 Å². The van der Waals surface area contributed by atoms with E-state index in [4.69, 9.17) is 9.72 Å². The molecule has 1 fully saturated rings. The van der Waals surface area contributed by atoms with Crippen LogP contribution in [0.3, 0.4) is 0 Å². The van der Waals surface area contributed by atoms with E-state index in [-0.39, 0.29) is 6.10 Å². The number of aliphatic hydroxyl groups is 1. The van der Waals surface area contributed by atoms with Crippen molar-refractivity contribution in [2.45, 2.75) is 19.1 Å². The zero-order valence-electron chi connectivity index (χ0n) is 14.8. The van der Waals surface area contributed by atoms with E-state index < -0.39 is 6.10 Å². The molecule has 0 aliphatic carbocycles. The molecule has 0 amide bonds. The van der Waals surface area contributed by atoms with Gasteiger partial charge >= 0.3 is 0 Å². The first-order valence-electron chi connectivity index (χ1n) is 8.92. The first kappa shape index (κ1) is 16.6. The van der Waals surface area contributed by atoms with E-state index in [1.807, 2.05) is 30.6 Å². The minimum atomic E-state index is -0.490. The van der Waals surface area contributed by atoms with Gasteiger partial charge in [-0.15, -0.1) is 11.3 Å². The summed E-state index contributed by atoms with van der Waals surface area (Å²) in [6, 6.07) is 8.07. The number of fused-ring (bicyclic) bond motifs is 2. The third-order valence-electron chi connectivity index (χ3n) is 4.91. The third-order valence-corrected chi connectivity index (χ3v) is 6.12. The molecule has 0 spiro atoms. The molecular weight excluding hydrogens is 362 g/mol. The van der Waals surface area contributed by atoms with Gasteiger partial charge in [-0.2, -0.15) is 5.10 Å². The van der Waals surface area contributed by atoms with Crippen LogP contribution in [0.5, 0.6) is 0 Å². The maximum Gasteiger partial charge on any atom is 0.226 e. The van der Waals surface area contributed by atoms with E-state index >= 15 is 0 Å². The van der Waals surface area contributed by atoms with E-state index in [1.165, 1.54) is 11.3 Å². The van der Waals surface area contributed by atoms with E-state index in [9.17, 15) is 5.11 Å². The van der Waals surface area contributed by atoms with Crippen molar-refractivity contribution in [2.75, 3.05) is 24.6 Å². The number of aromatic nitrogens is 4. The predicted molar refractivity (Wildman–Crippen MR) is 105 cm³/mol. The zero-order chi connectivity index (χ0) is 18.4. The fraction of sp³-hybridized carbons (Fsp3) is 0.316. The Labute approximate surface area is 159 Å². The number of anilines is 1. The monoisotopic (exact) mass is 381 g/mol. The number of benzene rings is 1. The summed E-state index contributed by atoms with van der Waals surface area (Å²) in [6.45, 7) is 3.81. The molecule has 4 aromatic rings. The molecule has 138 valence electrons. The molecule has 2 N–H and O–H groups in total. The molecule has 4 heterocycles. The number of H-pyrrole nitrogens is 1. The Morgan fingerprint density at radius 3 is 3.19 bits per heavy atom. The standard InChI is InChI=1S/C19H19N5O2S/c1-11(25)17-7-12-8-20-19(22-18(12)27-17)24-5-6-26-16(10-24)13-3-2-4-15-14(13)9-21-23-15/h2-4,7-9,11,16,25H,5-6,10H2,1H3,(H,21,23). The van der Waals surface area contributed by atoms with Gasteiger partial charge in [0, 0.05) is 28.4 Å². The van der Waals surface area contributed by atoms with Crippen LogP contribution in [0.4, 0.5) is 5.95 Å². The largest absolute Gasteiger partial charge is 0.388 e. The van der Waals surface area contributed by atoms with Crippen LogP contribution in [-0.4, -0.2) is 45.0 Å². The predicted octanol–water partition coefficient (Wildman–Crippen LogP) is 3.20. The molecule has 1 aromatic carbocycles. The fourth-order valence-electron chi connectivity index (χ4n) is 3.49. The summed E-state index contributed by atoms with van der Waals surface area (Å²) >= 11 is 1.51. The lowest BCUT2D eigenvalue weighted by molar-refractivity contribution is 0.0402. The molecule has 8 heteroatoms.